The molecule has 0 unspecified atom stereocenters. The topological polar surface area (TPSA) is 61.4 Å². The Kier molecular flexibility index (Phi) is 4.66. The molecule has 4 heteroatoms. The summed E-state index contributed by atoms with van der Waals surface area (Å²) in [4.78, 5) is 10.9. The number of carbonyl (C=O) groups excluding carboxylic acids is 1. The molecule has 4 nitrogen and oxygen atoms in total. The molecule has 0 radical (unpaired) electrons. The summed E-state index contributed by atoms with van der Waals surface area (Å²) in [5.74, 6) is 0. The maximum atomic E-state index is 10.9. The molecule has 0 aliphatic heterocycles. The predicted octanol–water partition coefficient (Wildman–Crippen LogP) is 0.466. The minimum atomic E-state index is -0.844. The van der Waals surface area contributed by atoms with Crippen LogP contribution in [0.25, 0.3) is 0 Å². The zero-order valence-corrected chi connectivity index (χ0v) is 7.98. The van der Waals surface area contributed by atoms with Crippen molar-refractivity contribution in [3.05, 3.63) is 0 Å². The standard InChI is InChI=1S/C8H18N2O2/c1-4-5-9-7(11)10-6-8(2,3)12/h12H,4-6H2,1-3H3,(H2,9,10,11). The Hall–Kier alpha value is -0.770. The molecule has 0 aliphatic rings. The quantitative estimate of drug-likeness (QED) is 0.580. The molecular weight excluding hydrogens is 156 g/mol. The third-order valence-electron chi connectivity index (χ3n) is 1.22. The van der Waals surface area contributed by atoms with Gasteiger partial charge in [0.15, 0.2) is 0 Å². The van der Waals surface area contributed by atoms with Gasteiger partial charge in [-0.2, -0.15) is 0 Å². The van der Waals surface area contributed by atoms with Crippen LogP contribution in [0.3, 0.4) is 0 Å². The largest absolute Gasteiger partial charge is 0.389 e. The maximum absolute atomic E-state index is 10.9. The first kappa shape index (κ1) is 11.2. The molecule has 0 fully saturated rings. The van der Waals surface area contributed by atoms with E-state index in [4.69, 9.17) is 0 Å². The van der Waals surface area contributed by atoms with Crippen molar-refractivity contribution < 1.29 is 9.90 Å². The lowest BCUT2D eigenvalue weighted by atomic mass is 10.1. The van der Waals surface area contributed by atoms with Gasteiger partial charge in [-0.1, -0.05) is 6.92 Å². The van der Waals surface area contributed by atoms with Crippen LogP contribution in [0.1, 0.15) is 27.2 Å². The SMILES string of the molecule is CCCNC(=O)NCC(C)(C)O. The van der Waals surface area contributed by atoms with Gasteiger partial charge in [-0.15, -0.1) is 0 Å². The summed E-state index contributed by atoms with van der Waals surface area (Å²) in [7, 11) is 0. The summed E-state index contributed by atoms with van der Waals surface area (Å²) in [6.07, 6.45) is 0.913. The van der Waals surface area contributed by atoms with Gasteiger partial charge in [0.1, 0.15) is 0 Å². The molecule has 72 valence electrons. The molecule has 0 spiro atoms. The lowest BCUT2D eigenvalue weighted by Crippen LogP contribution is -2.43. The third kappa shape index (κ3) is 7.34. The number of hydrogen-bond donors (Lipinski definition) is 3. The first-order chi connectivity index (χ1) is 5.45. The monoisotopic (exact) mass is 174 g/mol. The molecule has 2 amide bonds. The smallest absolute Gasteiger partial charge is 0.314 e. The molecule has 0 aromatic rings. The van der Waals surface area contributed by atoms with Gasteiger partial charge in [0, 0.05) is 13.1 Å². The van der Waals surface area contributed by atoms with E-state index in [1.54, 1.807) is 13.8 Å². The second-order valence-corrected chi connectivity index (χ2v) is 3.42. The Bertz CT molecular complexity index is 140. The highest BCUT2D eigenvalue weighted by Crippen LogP contribution is 1.96. The molecule has 3 N–H and O–H groups in total. The van der Waals surface area contributed by atoms with E-state index in [2.05, 4.69) is 10.6 Å². The van der Waals surface area contributed by atoms with E-state index in [0.717, 1.165) is 6.42 Å². The van der Waals surface area contributed by atoms with E-state index in [9.17, 15) is 9.90 Å². The Morgan fingerprint density at radius 2 is 2.00 bits per heavy atom. The lowest BCUT2D eigenvalue weighted by Gasteiger charge is -2.17. The van der Waals surface area contributed by atoms with Crippen molar-refractivity contribution >= 4 is 6.03 Å². The first-order valence-electron chi connectivity index (χ1n) is 4.20. The summed E-state index contributed by atoms with van der Waals surface area (Å²) >= 11 is 0. The second kappa shape index (κ2) is 4.98. The van der Waals surface area contributed by atoms with E-state index in [-0.39, 0.29) is 12.6 Å². The number of aliphatic hydroxyl groups is 1. The lowest BCUT2D eigenvalue weighted by molar-refractivity contribution is 0.0819. The molecule has 0 atom stereocenters. The number of carbonyl (C=O) groups is 1. The number of urea groups is 1. The molecule has 0 saturated carbocycles. The molecule has 0 aliphatic carbocycles. The summed E-state index contributed by atoms with van der Waals surface area (Å²) in [6, 6.07) is -0.223. The molecule has 0 aromatic heterocycles. The normalized spacial score (nSPS) is 11.0. The van der Waals surface area contributed by atoms with E-state index in [1.165, 1.54) is 0 Å². The van der Waals surface area contributed by atoms with E-state index in [1.807, 2.05) is 6.92 Å². The molecule has 0 bridgehead atoms. The molecule has 0 heterocycles. The summed E-state index contributed by atoms with van der Waals surface area (Å²) < 4.78 is 0. The van der Waals surface area contributed by atoms with Crippen LogP contribution in [0, 0.1) is 0 Å². The summed E-state index contributed by atoms with van der Waals surface area (Å²) in [5, 5.41) is 14.5. The maximum Gasteiger partial charge on any atom is 0.314 e. The van der Waals surface area contributed by atoms with E-state index < -0.39 is 5.60 Å². The second-order valence-electron chi connectivity index (χ2n) is 3.42. The van der Waals surface area contributed by atoms with E-state index >= 15 is 0 Å². The van der Waals surface area contributed by atoms with Crippen molar-refractivity contribution in [2.24, 2.45) is 0 Å². The highest BCUT2D eigenvalue weighted by molar-refractivity contribution is 5.73. The molecule has 0 saturated heterocycles. The Morgan fingerprint density at radius 1 is 1.42 bits per heavy atom. The van der Waals surface area contributed by atoms with Gasteiger partial charge in [-0.25, -0.2) is 4.79 Å². The van der Waals surface area contributed by atoms with Crippen LogP contribution in [-0.2, 0) is 0 Å². The number of hydrogen-bond acceptors (Lipinski definition) is 2. The van der Waals surface area contributed by atoms with Gasteiger partial charge in [-0.3, -0.25) is 0 Å². The zero-order chi connectivity index (χ0) is 9.61. The van der Waals surface area contributed by atoms with Gasteiger partial charge < -0.3 is 15.7 Å². The third-order valence-corrected chi connectivity index (χ3v) is 1.22. The Balaban J connectivity index is 3.44. The van der Waals surface area contributed by atoms with Crippen molar-refractivity contribution in [2.45, 2.75) is 32.8 Å². The van der Waals surface area contributed by atoms with Crippen molar-refractivity contribution in [2.75, 3.05) is 13.1 Å². The fourth-order valence-electron chi connectivity index (χ4n) is 0.598. The predicted molar refractivity (Wildman–Crippen MR) is 48.0 cm³/mol. The molecule has 0 rings (SSSR count). The highest BCUT2D eigenvalue weighted by atomic mass is 16.3. The van der Waals surface area contributed by atoms with Crippen molar-refractivity contribution in [3.8, 4) is 0 Å². The highest BCUT2D eigenvalue weighted by Gasteiger charge is 2.12. The fraction of sp³-hybridized carbons (Fsp3) is 0.875. The van der Waals surface area contributed by atoms with Crippen LogP contribution in [0.15, 0.2) is 0 Å². The van der Waals surface area contributed by atoms with Gasteiger partial charge in [-0.05, 0) is 20.3 Å². The Labute approximate surface area is 73.3 Å². The number of amides is 2. The molecule has 0 aromatic carbocycles. The van der Waals surface area contributed by atoms with Crippen LogP contribution in [0.5, 0.6) is 0 Å². The van der Waals surface area contributed by atoms with Crippen LogP contribution in [-0.4, -0.2) is 29.8 Å². The summed E-state index contributed by atoms with van der Waals surface area (Å²) in [6.45, 7) is 6.21. The van der Waals surface area contributed by atoms with Crippen LogP contribution in [0.4, 0.5) is 4.79 Å². The van der Waals surface area contributed by atoms with E-state index in [0.29, 0.717) is 6.54 Å². The van der Waals surface area contributed by atoms with Crippen molar-refractivity contribution in [3.63, 3.8) is 0 Å². The van der Waals surface area contributed by atoms with Crippen LogP contribution >= 0.6 is 0 Å². The van der Waals surface area contributed by atoms with Crippen molar-refractivity contribution in [1.29, 1.82) is 0 Å². The summed E-state index contributed by atoms with van der Waals surface area (Å²) in [5.41, 5.74) is -0.844. The average molecular weight is 174 g/mol. The van der Waals surface area contributed by atoms with Crippen LogP contribution < -0.4 is 10.6 Å². The first-order valence-corrected chi connectivity index (χ1v) is 4.20. The average Bonchev–Trinajstić information content (AvgIpc) is 1.95. The molecular formula is C8H18N2O2. The van der Waals surface area contributed by atoms with Crippen molar-refractivity contribution in [1.82, 2.24) is 10.6 Å². The van der Waals surface area contributed by atoms with Gasteiger partial charge >= 0.3 is 6.03 Å². The van der Waals surface area contributed by atoms with Crippen LogP contribution in [0.2, 0.25) is 0 Å². The molecule has 12 heavy (non-hydrogen) atoms. The fourth-order valence-corrected chi connectivity index (χ4v) is 0.598. The van der Waals surface area contributed by atoms with Gasteiger partial charge in [0.05, 0.1) is 5.60 Å². The number of nitrogens with one attached hydrogen (secondary N) is 2. The number of rotatable bonds is 4. The zero-order valence-electron chi connectivity index (χ0n) is 7.98. The van der Waals surface area contributed by atoms with Gasteiger partial charge in [0.2, 0.25) is 0 Å². The minimum Gasteiger partial charge on any atom is -0.389 e. The minimum absolute atomic E-state index is 0.223. The van der Waals surface area contributed by atoms with Gasteiger partial charge in [0.25, 0.3) is 0 Å². The Morgan fingerprint density at radius 3 is 2.42 bits per heavy atom.